The highest BCUT2D eigenvalue weighted by molar-refractivity contribution is 6.10. The van der Waals surface area contributed by atoms with Crippen LogP contribution < -0.4 is 0 Å². The third-order valence-electron chi connectivity index (χ3n) is 3.70. The lowest BCUT2D eigenvalue weighted by atomic mass is 10.1. The minimum Gasteiger partial charge on any atom is -0.455 e. The van der Waals surface area contributed by atoms with Gasteiger partial charge < -0.3 is 4.42 Å². The van der Waals surface area contributed by atoms with Crippen molar-refractivity contribution >= 4 is 34.4 Å². The van der Waals surface area contributed by atoms with Crippen LogP contribution in [0.4, 0.5) is 0 Å². The van der Waals surface area contributed by atoms with Crippen LogP contribution in [0.2, 0.25) is 0 Å². The highest BCUT2D eigenvalue weighted by atomic mass is 16.3. The fourth-order valence-corrected chi connectivity index (χ4v) is 2.61. The van der Waals surface area contributed by atoms with E-state index in [0.29, 0.717) is 0 Å². The van der Waals surface area contributed by atoms with Crippen LogP contribution in [0.15, 0.2) is 87.4 Å². The molecule has 110 valence electrons. The number of fused-ring (bicyclic) bond motifs is 3. The van der Waals surface area contributed by atoms with Crippen LogP contribution in [0, 0.1) is 0 Å². The first-order chi connectivity index (χ1) is 11.4. The average molecular weight is 298 g/mol. The van der Waals surface area contributed by atoms with E-state index in [-0.39, 0.29) is 0 Å². The Morgan fingerprint density at radius 3 is 2.30 bits per heavy atom. The largest absolute Gasteiger partial charge is 0.455 e. The van der Waals surface area contributed by atoms with Crippen LogP contribution in [0.5, 0.6) is 0 Å². The molecule has 0 radical (unpaired) electrons. The van der Waals surface area contributed by atoms with E-state index in [4.69, 9.17) is 4.42 Å². The Bertz CT molecular complexity index is 1010. The summed E-state index contributed by atoms with van der Waals surface area (Å²) >= 11 is 0. The van der Waals surface area contributed by atoms with Gasteiger partial charge in [0.05, 0.1) is 12.4 Å². The predicted molar refractivity (Wildman–Crippen MR) is 95.4 cm³/mol. The van der Waals surface area contributed by atoms with Gasteiger partial charge in [0, 0.05) is 16.3 Å². The summed E-state index contributed by atoms with van der Waals surface area (Å²) in [7, 11) is 0. The topological polar surface area (TPSA) is 37.9 Å². The molecule has 1 heterocycles. The number of rotatable bonds is 3. The zero-order chi connectivity index (χ0) is 15.5. The Morgan fingerprint density at radius 2 is 1.39 bits per heavy atom. The normalized spacial score (nSPS) is 12.0. The van der Waals surface area contributed by atoms with Gasteiger partial charge in [-0.05, 0) is 17.7 Å². The van der Waals surface area contributed by atoms with Gasteiger partial charge in [0.25, 0.3) is 0 Å². The molecule has 0 fully saturated rings. The highest BCUT2D eigenvalue weighted by Crippen LogP contribution is 2.29. The molecule has 4 aromatic rings. The van der Waals surface area contributed by atoms with Crippen molar-refractivity contribution in [2.45, 2.75) is 0 Å². The van der Waals surface area contributed by atoms with Gasteiger partial charge in [-0.15, -0.1) is 0 Å². The Morgan fingerprint density at radius 1 is 0.652 bits per heavy atom. The quantitative estimate of drug-likeness (QED) is 0.386. The number of hydrogen-bond acceptors (Lipinski definition) is 3. The van der Waals surface area contributed by atoms with Crippen LogP contribution in [0.1, 0.15) is 11.1 Å². The summed E-state index contributed by atoms with van der Waals surface area (Å²) in [5.74, 6) is 0. The smallest absolute Gasteiger partial charge is 0.144 e. The number of nitrogens with zero attached hydrogens (tertiary/aromatic N) is 2. The summed E-state index contributed by atoms with van der Waals surface area (Å²) in [5, 5.41) is 10.5. The molecule has 0 saturated heterocycles. The molecule has 3 nitrogen and oxygen atoms in total. The molecule has 3 heteroatoms. The van der Waals surface area contributed by atoms with Gasteiger partial charge in [-0.25, -0.2) is 0 Å². The first-order valence-corrected chi connectivity index (χ1v) is 7.43. The molecule has 0 spiro atoms. The van der Waals surface area contributed by atoms with Gasteiger partial charge in [0.1, 0.15) is 11.2 Å². The maximum Gasteiger partial charge on any atom is 0.144 e. The third-order valence-corrected chi connectivity index (χ3v) is 3.70. The van der Waals surface area contributed by atoms with Crippen molar-refractivity contribution in [3.05, 3.63) is 83.9 Å². The van der Waals surface area contributed by atoms with Crippen molar-refractivity contribution in [3.63, 3.8) is 0 Å². The van der Waals surface area contributed by atoms with E-state index < -0.39 is 0 Å². The first-order valence-electron chi connectivity index (χ1n) is 7.43. The molecule has 1 aromatic heterocycles. The van der Waals surface area contributed by atoms with Crippen molar-refractivity contribution < 1.29 is 4.42 Å². The maximum atomic E-state index is 5.96. The van der Waals surface area contributed by atoms with Gasteiger partial charge in [0.15, 0.2) is 0 Å². The molecule has 4 rings (SSSR count). The molecule has 3 aromatic carbocycles. The monoisotopic (exact) mass is 298 g/mol. The standard InChI is InChI=1S/C20H14N2O/c1-2-7-15(8-3-1)13-21-22-14-16-9-6-11-18-17-10-4-5-12-19(17)23-20(16)18/h1-14H. The molecule has 0 N–H and O–H groups in total. The van der Waals surface area contributed by atoms with E-state index in [1.807, 2.05) is 60.7 Å². The minimum atomic E-state index is 0.840. The molecule has 0 aliphatic heterocycles. The van der Waals surface area contributed by atoms with Gasteiger partial charge in [-0.1, -0.05) is 60.7 Å². The molecule has 23 heavy (non-hydrogen) atoms. The van der Waals surface area contributed by atoms with Crippen molar-refractivity contribution in [2.24, 2.45) is 10.2 Å². The van der Waals surface area contributed by atoms with Crippen molar-refractivity contribution in [2.75, 3.05) is 0 Å². The fourth-order valence-electron chi connectivity index (χ4n) is 2.61. The molecule has 0 aliphatic rings. The summed E-state index contributed by atoms with van der Waals surface area (Å²) in [6, 6.07) is 24.0. The van der Waals surface area contributed by atoms with Crippen LogP contribution in [0.3, 0.4) is 0 Å². The van der Waals surface area contributed by atoms with E-state index in [9.17, 15) is 0 Å². The van der Waals surface area contributed by atoms with Crippen molar-refractivity contribution in [1.82, 2.24) is 0 Å². The molecule has 0 aliphatic carbocycles. The van der Waals surface area contributed by atoms with Crippen molar-refractivity contribution in [1.29, 1.82) is 0 Å². The summed E-state index contributed by atoms with van der Waals surface area (Å²) in [6.07, 6.45) is 3.46. The van der Waals surface area contributed by atoms with Crippen LogP contribution >= 0.6 is 0 Å². The van der Waals surface area contributed by atoms with E-state index in [1.165, 1.54) is 0 Å². The average Bonchev–Trinajstić information content (AvgIpc) is 2.99. The highest BCUT2D eigenvalue weighted by Gasteiger charge is 2.08. The summed E-state index contributed by atoms with van der Waals surface area (Å²) in [5.41, 5.74) is 3.67. The number of benzene rings is 3. The maximum absolute atomic E-state index is 5.96. The Hall–Kier alpha value is -3.20. The van der Waals surface area contributed by atoms with E-state index in [2.05, 4.69) is 22.3 Å². The van der Waals surface area contributed by atoms with Gasteiger partial charge >= 0.3 is 0 Å². The Balaban J connectivity index is 1.69. The van der Waals surface area contributed by atoms with E-state index >= 15 is 0 Å². The minimum absolute atomic E-state index is 0.840. The van der Waals surface area contributed by atoms with E-state index in [0.717, 1.165) is 33.1 Å². The second kappa shape index (κ2) is 5.89. The summed E-state index contributed by atoms with van der Waals surface area (Å²) < 4.78 is 5.96. The number of para-hydroxylation sites is 2. The second-order valence-electron chi connectivity index (χ2n) is 5.22. The molecule has 0 bridgehead atoms. The molecule has 0 saturated carbocycles. The lowest BCUT2D eigenvalue weighted by Crippen LogP contribution is -1.82. The lowest BCUT2D eigenvalue weighted by Gasteiger charge is -1.93. The molecule has 0 unspecified atom stereocenters. The number of hydrogen-bond donors (Lipinski definition) is 0. The van der Waals surface area contributed by atoms with Crippen LogP contribution in [-0.2, 0) is 0 Å². The fraction of sp³-hybridized carbons (Fsp3) is 0. The lowest BCUT2D eigenvalue weighted by molar-refractivity contribution is 0.668. The van der Waals surface area contributed by atoms with Gasteiger partial charge in [-0.2, -0.15) is 10.2 Å². The molecular formula is C20H14N2O. The predicted octanol–water partition coefficient (Wildman–Crippen LogP) is 5.04. The summed E-state index contributed by atoms with van der Waals surface area (Å²) in [4.78, 5) is 0. The molecule has 0 atom stereocenters. The van der Waals surface area contributed by atoms with Crippen LogP contribution in [0.25, 0.3) is 21.9 Å². The van der Waals surface area contributed by atoms with Gasteiger partial charge in [0.2, 0.25) is 0 Å². The first kappa shape index (κ1) is 13.5. The van der Waals surface area contributed by atoms with E-state index in [1.54, 1.807) is 12.4 Å². The second-order valence-corrected chi connectivity index (χ2v) is 5.22. The number of furan rings is 1. The zero-order valence-electron chi connectivity index (χ0n) is 12.4. The zero-order valence-corrected chi connectivity index (χ0v) is 12.4. The molecular weight excluding hydrogens is 284 g/mol. The Labute approximate surface area is 133 Å². The SMILES string of the molecule is C(=NN=Cc1cccc2c1oc1ccccc12)c1ccccc1. The third kappa shape index (κ3) is 2.64. The van der Waals surface area contributed by atoms with Gasteiger partial charge in [-0.3, -0.25) is 0 Å². The van der Waals surface area contributed by atoms with Crippen molar-refractivity contribution in [3.8, 4) is 0 Å². The van der Waals surface area contributed by atoms with Crippen LogP contribution in [-0.4, -0.2) is 12.4 Å². The summed E-state index contributed by atoms with van der Waals surface area (Å²) in [6.45, 7) is 0. The molecule has 0 amide bonds. The Kier molecular flexibility index (Phi) is 3.45.